The zero-order chi connectivity index (χ0) is 62.6. The largest absolute Gasteiger partial charge is 0.472 e. The highest BCUT2D eigenvalue weighted by Gasteiger charge is 2.27. The van der Waals surface area contributed by atoms with Gasteiger partial charge in [0.05, 0.1) is 27.7 Å². The van der Waals surface area contributed by atoms with Gasteiger partial charge < -0.3 is 18.9 Å². The second kappa shape index (κ2) is 67.1. The zero-order valence-corrected chi connectivity index (χ0v) is 58.5. The van der Waals surface area contributed by atoms with Gasteiger partial charge in [-0.3, -0.25) is 18.6 Å². The number of allylic oxidation sites excluding steroid dienone is 10. The molecule has 0 bridgehead atoms. The molecule has 0 fully saturated rings. The quantitative estimate of drug-likeness (QED) is 0.0211. The highest BCUT2D eigenvalue weighted by Crippen LogP contribution is 2.43. The molecule has 0 spiro atoms. The zero-order valence-electron chi connectivity index (χ0n) is 57.6. The lowest BCUT2D eigenvalue weighted by atomic mass is 10.0. The molecular weight excluding hydrogens is 1090 g/mol. The number of unbranched alkanes of at least 4 members (excludes halogenated alkanes) is 45. The monoisotopic (exact) mass is 1230 g/mol. The summed E-state index contributed by atoms with van der Waals surface area (Å²) in [6, 6.07) is 0. The van der Waals surface area contributed by atoms with Crippen molar-refractivity contribution in [3.05, 3.63) is 60.8 Å². The minimum atomic E-state index is -4.39. The summed E-state index contributed by atoms with van der Waals surface area (Å²) in [6.45, 7) is 4.47. The van der Waals surface area contributed by atoms with Gasteiger partial charge in [0.2, 0.25) is 0 Å². The number of likely N-dealkylation sites (N-methyl/N-ethyl adjacent to an activating group) is 1. The molecule has 504 valence electrons. The van der Waals surface area contributed by atoms with Crippen LogP contribution in [0.3, 0.4) is 0 Å². The lowest BCUT2D eigenvalue weighted by molar-refractivity contribution is -0.870. The van der Waals surface area contributed by atoms with Gasteiger partial charge in [0.1, 0.15) is 19.8 Å². The van der Waals surface area contributed by atoms with Crippen LogP contribution in [0.5, 0.6) is 0 Å². The van der Waals surface area contributed by atoms with Gasteiger partial charge in [-0.1, -0.05) is 325 Å². The fourth-order valence-electron chi connectivity index (χ4n) is 10.8. The highest BCUT2D eigenvalue weighted by atomic mass is 31.2. The SMILES string of the molecule is CCCCCCC/C=C\C/C=C\C/C=C\CCCCCCCCCCCCCCCCCCCCCCCCC(=O)OC(COC(=O)CCCCCCCCCCCCCCC/C=C\C/C=C\CCCCCCC)COP(=O)(O)OCC[N+](C)(C)C. The second-order valence-electron chi connectivity index (χ2n) is 26.3. The molecule has 86 heavy (non-hydrogen) atoms. The van der Waals surface area contributed by atoms with E-state index in [0.29, 0.717) is 23.9 Å². The van der Waals surface area contributed by atoms with E-state index in [9.17, 15) is 19.0 Å². The van der Waals surface area contributed by atoms with E-state index in [0.717, 1.165) is 51.4 Å². The minimum absolute atomic E-state index is 0.0327. The number of rotatable bonds is 69. The maximum Gasteiger partial charge on any atom is 0.472 e. The Bertz CT molecular complexity index is 1630. The molecule has 0 aliphatic rings. The smallest absolute Gasteiger partial charge is 0.462 e. The van der Waals surface area contributed by atoms with E-state index in [1.807, 2.05) is 21.1 Å². The van der Waals surface area contributed by atoms with Crippen molar-refractivity contribution in [3.8, 4) is 0 Å². The molecule has 2 atom stereocenters. The Morgan fingerprint density at radius 3 is 0.930 bits per heavy atom. The first-order chi connectivity index (χ1) is 42.0. The topological polar surface area (TPSA) is 108 Å². The number of nitrogens with zero attached hydrogens (tertiary/aromatic N) is 1. The molecule has 0 radical (unpaired) electrons. The van der Waals surface area contributed by atoms with Gasteiger partial charge in [0.25, 0.3) is 0 Å². The standard InChI is InChI=1S/C76H142NO8P/c1-6-8-10-12-14-16-18-20-22-24-26-28-30-32-33-34-35-36-37-38-39-40-41-42-43-45-47-49-51-53-55-57-59-61-63-65-67-69-76(79)85-74(73-84-86(80,81)83-71-70-77(3,4)5)72-82-75(78)68-66-64-62-60-58-56-54-52-50-48-46-44-31-29-27-25-23-21-19-17-15-13-11-9-7-2/h18-21,24-27,30,32,74H,6-17,22-23,28-29,31,33-73H2,1-5H3/p+1/b20-18-,21-19-,26-24-,27-25-,32-30-. The summed E-state index contributed by atoms with van der Waals surface area (Å²) < 4.78 is 34.8. The van der Waals surface area contributed by atoms with Gasteiger partial charge in [-0.05, 0) is 83.5 Å². The van der Waals surface area contributed by atoms with Crippen LogP contribution in [0.1, 0.15) is 361 Å². The van der Waals surface area contributed by atoms with Crippen molar-refractivity contribution in [2.45, 2.75) is 367 Å². The molecule has 0 aromatic heterocycles. The van der Waals surface area contributed by atoms with Crippen molar-refractivity contribution in [3.63, 3.8) is 0 Å². The van der Waals surface area contributed by atoms with Crippen LogP contribution in [0.15, 0.2) is 60.8 Å². The van der Waals surface area contributed by atoms with E-state index in [1.54, 1.807) is 0 Å². The average Bonchev–Trinajstić information content (AvgIpc) is 3.67. The maximum absolute atomic E-state index is 12.9. The van der Waals surface area contributed by atoms with Crippen molar-refractivity contribution in [2.24, 2.45) is 0 Å². The van der Waals surface area contributed by atoms with Crippen molar-refractivity contribution >= 4 is 19.8 Å². The van der Waals surface area contributed by atoms with Crippen molar-refractivity contribution in [2.75, 3.05) is 47.5 Å². The number of carbonyl (C=O) groups is 2. The van der Waals surface area contributed by atoms with Crippen LogP contribution in [-0.2, 0) is 32.7 Å². The van der Waals surface area contributed by atoms with Crippen LogP contribution in [0.25, 0.3) is 0 Å². The molecule has 0 heterocycles. The fourth-order valence-corrected chi connectivity index (χ4v) is 11.6. The molecule has 2 unspecified atom stereocenters. The molecule has 0 aromatic carbocycles. The predicted molar refractivity (Wildman–Crippen MR) is 372 cm³/mol. The summed E-state index contributed by atoms with van der Waals surface area (Å²) >= 11 is 0. The first-order valence-electron chi connectivity index (χ1n) is 37.0. The summed E-state index contributed by atoms with van der Waals surface area (Å²) in [5, 5.41) is 0. The maximum atomic E-state index is 12.9. The lowest BCUT2D eigenvalue weighted by Gasteiger charge is -2.24. The summed E-state index contributed by atoms with van der Waals surface area (Å²) in [4.78, 5) is 35.9. The number of ether oxygens (including phenoxy) is 2. The number of phosphoric ester groups is 1. The summed E-state index contributed by atoms with van der Waals surface area (Å²) in [6.07, 6.45) is 89.1. The van der Waals surface area contributed by atoms with Gasteiger partial charge in [-0.25, -0.2) is 4.57 Å². The van der Waals surface area contributed by atoms with Gasteiger partial charge in [-0.15, -0.1) is 0 Å². The molecule has 0 aliphatic carbocycles. The number of hydrogen-bond donors (Lipinski definition) is 1. The molecule has 0 amide bonds. The van der Waals surface area contributed by atoms with E-state index >= 15 is 0 Å². The van der Waals surface area contributed by atoms with Gasteiger partial charge in [-0.2, -0.15) is 0 Å². The molecular formula is C76H143NO8P+. The lowest BCUT2D eigenvalue weighted by Crippen LogP contribution is -2.37. The number of esters is 2. The molecule has 9 nitrogen and oxygen atoms in total. The molecule has 0 aromatic rings. The summed E-state index contributed by atoms with van der Waals surface area (Å²) in [7, 11) is 1.49. The van der Waals surface area contributed by atoms with Crippen LogP contribution in [-0.4, -0.2) is 74.9 Å². The first-order valence-corrected chi connectivity index (χ1v) is 38.5. The summed E-state index contributed by atoms with van der Waals surface area (Å²) in [5.41, 5.74) is 0. The Kier molecular flexibility index (Phi) is 65.3. The molecule has 0 saturated carbocycles. The van der Waals surface area contributed by atoms with Crippen molar-refractivity contribution < 1.29 is 42.1 Å². The Balaban J connectivity index is 3.96. The van der Waals surface area contributed by atoms with Crippen LogP contribution in [0, 0.1) is 0 Å². The van der Waals surface area contributed by atoms with E-state index in [-0.39, 0.29) is 25.6 Å². The number of carbonyl (C=O) groups excluding carboxylic acids is 2. The van der Waals surface area contributed by atoms with E-state index < -0.39 is 26.5 Å². The van der Waals surface area contributed by atoms with Crippen LogP contribution < -0.4 is 0 Å². The number of phosphoric acid groups is 1. The summed E-state index contributed by atoms with van der Waals surface area (Å²) in [5.74, 6) is -0.781. The van der Waals surface area contributed by atoms with Gasteiger partial charge in [0.15, 0.2) is 6.10 Å². The predicted octanol–water partition coefficient (Wildman–Crippen LogP) is 24.2. The molecule has 1 N–H and O–H groups in total. The fraction of sp³-hybridized carbons (Fsp3) is 0.842. The Hall–Kier alpha value is -2.29. The molecule has 0 aliphatic heterocycles. The number of hydrogen-bond acceptors (Lipinski definition) is 7. The third kappa shape index (κ3) is 70.8. The third-order valence-electron chi connectivity index (χ3n) is 16.5. The Labute approximate surface area is 534 Å². The first kappa shape index (κ1) is 83.7. The van der Waals surface area contributed by atoms with Crippen molar-refractivity contribution in [1.82, 2.24) is 0 Å². The van der Waals surface area contributed by atoms with Gasteiger partial charge >= 0.3 is 19.8 Å². The molecule has 0 saturated heterocycles. The van der Waals surface area contributed by atoms with Crippen LogP contribution in [0.2, 0.25) is 0 Å². The van der Waals surface area contributed by atoms with Gasteiger partial charge in [0, 0.05) is 12.8 Å². The highest BCUT2D eigenvalue weighted by molar-refractivity contribution is 7.47. The van der Waals surface area contributed by atoms with E-state index in [4.69, 9.17) is 18.5 Å². The Morgan fingerprint density at radius 1 is 0.360 bits per heavy atom. The molecule has 10 heteroatoms. The Morgan fingerprint density at radius 2 is 0.628 bits per heavy atom. The van der Waals surface area contributed by atoms with E-state index in [1.165, 1.54) is 276 Å². The normalized spacial score (nSPS) is 13.4. The second-order valence-corrected chi connectivity index (χ2v) is 27.8. The number of quaternary nitrogens is 1. The van der Waals surface area contributed by atoms with Crippen LogP contribution in [0.4, 0.5) is 0 Å². The minimum Gasteiger partial charge on any atom is -0.462 e. The van der Waals surface area contributed by atoms with E-state index in [2.05, 4.69) is 74.6 Å². The third-order valence-corrected chi connectivity index (χ3v) is 17.5. The van der Waals surface area contributed by atoms with Crippen molar-refractivity contribution in [1.29, 1.82) is 0 Å². The molecule has 0 rings (SSSR count). The average molecular weight is 1230 g/mol. The van der Waals surface area contributed by atoms with Crippen LogP contribution >= 0.6 is 7.82 Å².